The fourth-order valence-corrected chi connectivity index (χ4v) is 2.20. The van der Waals surface area contributed by atoms with E-state index < -0.39 is 0 Å². The zero-order chi connectivity index (χ0) is 12.4. The predicted octanol–water partition coefficient (Wildman–Crippen LogP) is 3.78. The van der Waals surface area contributed by atoms with Crippen molar-refractivity contribution >= 4 is 5.69 Å². The summed E-state index contributed by atoms with van der Waals surface area (Å²) in [5, 5.41) is 3.49. The lowest BCUT2D eigenvalue weighted by Gasteiger charge is -2.19. The topological polar surface area (TPSA) is 24.9 Å². The van der Waals surface area contributed by atoms with Gasteiger partial charge >= 0.3 is 0 Å². The minimum absolute atomic E-state index is 0.185. The number of benzene rings is 1. The first-order valence-corrected chi connectivity index (χ1v) is 6.25. The van der Waals surface area contributed by atoms with Gasteiger partial charge < -0.3 is 5.32 Å². The van der Waals surface area contributed by atoms with Crippen molar-refractivity contribution < 1.29 is 4.39 Å². The zero-order valence-corrected chi connectivity index (χ0v) is 10.0. The van der Waals surface area contributed by atoms with E-state index in [-0.39, 0.29) is 11.9 Å². The number of aromatic nitrogens is 1. The van der Waals surface area contributed by atoms with Gasteiger partial charge in [0.05, 0.1) is 11.7 Å². The molecule has 1 aliphatic carbocycles. The summed E-state index contributed by atoms with van der Waals surface area (Å²) >= 11 is 0. The maximum atomic E-state index is 13.0. The van der Waals surface area contributed by atoms with E-state index in [0.717, 1.165) is 11.3 Å². The molecule has 1 unspecified atom stereocenters. The molecular formula is C15H15FN2. The van der Waals surface area contributed by atoms with Crippen LogP contribution in [-0.4, -0.2) is 4.98 Å². The molecule has 1 saturated carbocycles. The summed E-state index contributed by atoms with van der Waals surface area (Å²) in [6.45, 7) is 0. The normalized spacial score (nSPS) is 16.3. The Morgan fingerprint density at radius 2 is 1.94 bits per heavy atom. The van der Waals surface area contributed by atoms with Crippen LogP contribution >= 0.6 is 0 Å². The summed E-state index contributed by atoms with van der Waals surface area (Å²) < 4.78 is 13.0. The largest absolute Gasteiger partial charge is 0.377 e. The van der Waals surface area contributed by atoms with Gasteiger partial charge in [-0.05, 0) is 48.6 Å². The van der Waals surface area contributed by atoms with E-state index in [1.165, 1.54) is 25.0 Å². The Morgan fingerprint density at radius 1 is 1.17 bits per heavy atom. The van der Waals surface area contributed by atoms with Crippen molar-refractivity contribution in [3.05, 3.63) is 60.2 Å². The molecule has 1 aliphatic rings. The van der Waals surface area contributed by atoms with Crippen molar-refractivity contribution in [1.82, 2.24) is 4.98 Å². The molecule has 1 fully saturated rings. The quantitative estimate of drug-likeness (QED) is 0.882. The van der Waals surface area contributed by atoms with Crippen LogP contribution in [0.3, 0.4) is 0 Å². The lowest BCUT2D eigenvalue weighted by atomic mass is 10.0. The summed E-state index contributed by atoms with van der Waals surface area (Å²) in [4.78, 5) is 4.10. The molecule has 18 heavy (non-hydrogen) atoms. The number of rotatable bonds is 4. The highest BCUT2D eigenvalue weighted by molar-refractivity contribution is 5.43. The third-order valence-corrected chi connectivity index (χ3v) is 3.31. The van der Waals surface area contributed by atoms with Crippen LogP contribution in [0.2, 0.25) is 0 Å². The molecule has 3 heteroatoms. The summed E-state index contributed by atoms with van der Waals surface area (Å²) in [7, 11) is 0. The maximum Gasteiger partial charge on any atom is 0.123 e. The molecule has 1 heterocycles. The number of nitrogens with one attached hydrogen (secondary N) is 1. The Labute approximate surface area is 106 Å². The minimum atomic E-state index is -0.185. The van der Waals surface area contributed by atoms with E-state index in [2.05, 4.69) is 10.3 Å². The lowest BCUT2D eigenvalue weighted by Crippen LogP contribution is -2.13. The van der Waals surface area contributed by atoms with Crippen LogP contribution in [0.25, 0.3) is 0 Å². The van der Waals surface area contributed by atoms with Gasteiger partial charge in [-0.2, -0.15) is 0 Å². The summed E-state index contributed by atoms with van der Waals surface area (Å²) in [6.07, 6.45) is 6.04. The first-order valence-electron chi connectivity index (χ1n) is 6.25. The number of hydrogen-bond acceptors (Lipinski definition) is 2. The molecule has 1 aromatic heterocycles. The van der Waals surface area contributed by atoms with Crippen LogP contribution in [0.15, 0.2) is 48.8 Å². The molecular weight excluding hydrogens is 227 g/mol. The summed E-state index contributed by atoms with van der Waals surface area (Å²) in [5.41, 5.74) is 2.15. The van der Waals surface area contributed by atoms with Gasteiger partial charge in [-0.1, -0.05) is 12.1 Å². The molecule has 0 radical (unpaired) electrons. The van der Waals surface area contributed by atoms with E-state index in [9.17, 15) is 4.39 Å². The highest BCUT2D eigenvalue weighted by Gasteiger charge is 2.32. The molecule has 1 aromatic carbocycles. The van der Waals surface area contributed by atoms with E-state index >= 15 is 0 Å². The highest BCUT2D eigenvalue weighted by Crippen LogP contribution is 2.42. The molecule has 1 atom stereocenters. The van der Waals surface area contributed by atoms with E-state index in [1.54, 1.807) is 6.20 Å². The Balaban J connectivity index is 1.82. The van der Waals surface area contributed by atoms with Gasteiger partial charge in [0, 0.05) is 12.4 Å². The van der Waals surface area contributed by atoms with Gasteiger partial charge in [-0.15, -0.1) is 0 Å². The second-order valence-corrected chi connectivity index (χ2v) is 4.75. The molecule has 0 spiro atoms. The molecule has 2 nitrogen and oxygen atoms in total. The lowest BCUT2D eigenvalue weighted by molar-refractivity contribution is 0.622. The highest BCUT2D eigenvalue weighted by atomic mass is 19.1. The van der Waals surface area contributed by atoms with Crippen molar-refractivity contribution in [2.24, 2.45) is 5.92 Å². The van der Waals surface area contributed by atoms with Crippen molar-refractivity contribution in [3.8, 4) is 0 Å². The molecule has 0 aliphatic heterocycles. The maximum absolute atomic E-state index is 13.0. The van der Waals surface area contributed by atoms with Gasteiger partial charge in [0.2, 0.25) is 0 Å². The molecule has 1 N–H and O–H groups in total. The summed E-state index contributed by atoms with van der Waals surface area (Å²) in [5.74, 6) is 0.463. The average molecular weight is 242 g/mol. The fraction of sp³-hybridized carbons (Fsp3) is 0.267. The third kappa shape index (κ3) is 2.50. The van der Waals surface area contributed by atoms with Crippen LogP contribution in [0, 0.1) is 11.7 Å². The Kier molecular flexibility index (Phi) is 2.97. The van der Waals surface area contributed by atoms with Crippen LogP contribution in [0.5, 0.6) is 0 Å². The number of hydrogen-bond donors (Lipinski definition) is 1. The van der Waals surface area contributed by atoms with Crippen molar-refractivity contribution in [2.75, 3.05) is 5.32 Å². The first kappa shape index (κ1) is 11.2. The average Bonchev–Trinajstić information content (AvgIpc) is 3.23. The Hall–Kier alpha value is -1.90. The second kappa shape index (κ2) is 4.77. The van der Waals surface area contributed by atoms with E-state index in [1.807, 2.05) is 30.5 Å². The molecule has 92 valence electrons. The van der Waals surface area contributed by atoms with Crippen LogP contribution in [0.4, 0.5) is 10.1 Å². The van der Waals surface area contributed by atoms with Crippen molar-refractivity contribution in [2.45, 2.75) is 18.9 Å². The number of halogens is 1. The van der Waals surface area contributed by atoms with E-state index in [0.29, 0.717) is 5.92 Å². The standard InChI is InChI=1S/C15H15FN2/c16-13-7-5-12(6-8-13)15(11-3-4-11)18-14-2-1-9-17-10-14/h1-2,5-11,15,18H,3-4H2. The molecule has 2 aromatic rings. The van der Waals surface area contributed by atoms with Gasteiger partial charge in [0.25, 0.3) is 0 Å². The predicted molar refractivity (Wildman–Crippen MR) is 69.7 cm³/mol. The first-order chi connectivity index (χ1) is 8.83. The molecule has 3 rings (SSSR count). The number of anilines is 1. The Bertz CT molecular complexity index is 506. The van der Waals surface area contributed by atoms with Gasteiger partial charge in [-0.25, -0.2) is 4.39 Å². The van der Waals surface area contributed by atoms with Crippen LogP contribution in [0.1, 0.15) is 24.4 Å². The van der Waals surface area contributed by atoms with Gasteiger partial charge in [0.15, 0.2) is 0 Å². The van der Waals surface area contributed by atoms with Gasteiger partial charge in [0.1, 0.15) is 5.82 Å². The smallest absolute Gasteiger partial charge is 0.123 e. The number of nitrogens with zero attached hydrogens (tertiary/aromatic N) is 1. The van der Waals surface area contributed by atoms with Crippen LogP contribution in [-0.2, 0) is 0 Å². The number of pyridine rings is 1. The summed E-state index contributed by atoms with van der Waals surface area (Å²) in [6, 6.07) is 11.0. The molecule has 0 bridgehead atoms. The fourth-order valence-electron chi connectivity index (χ4n) is 2.20. The zero-order valence-electron chi connectivity index (χ0n) is 10.0. The van der Waals surface area contributed by atoms with Crippen molar-refractivity contribution in [3.63, 3.8) is 0 Å². The minimum Gasteiger partial charge on any atom is -0.377 e. The van der Waals surface area contributed by atoms with Crippen LogP contribution < -0.4 is 5.32 Å². The SMILES string of the molecule is Fc1ccc(C(Nc2cccnc2)C2CC2)cc1. The van der Waals surface area contributed by atoms with Crippen molar-refractivity contribution in [1.29, 1.82) is 0 Å². The van der Waals surface area contributed by atoms with Gasteiger partial charge in [-0.3, -0.25) is 4.98 Å². The molecule has 0 saturated heterocycles. The monoisotopic (exact) mass is 242 g/mol. The Morgan fingerprint density at radius 3 is 2.56 bits per heavy atom. The second-order valence-electron chi connectivity index (χ2n) is 4.75. The third-order valence-electron chi connectivity index (χ3n) is 3.31. The van der Waals surface area contributed by atoms with E-state index in [4.69, 9.17) is 0 Å². The molecule has 0 amide bonds.